The van der Waals surface area contributed by atoms with Crippen molar-refractivity contribution in [1.82, 2.24) is 0 Å². The monoisotopic (exact) mass is 220 g/mol. The van der Waals surface area contributed by atoms with E-state index in [-0.39, 0.29) is 6.10 Å². The van der Waals surface area contributed by atoms with Crippen molar-refractivity contribution in [2.24, 2.45) is 5.92 Å². The fraction of sp³-hybridized carbons (Fsp3) is 0.538. The summed E-state index contributed by atoms with van der Waals surface area (Å²) in [5.41, 5.74) is 1.25. The summed E-state index contributed by atoms with van der Waals surface area (Å²) < 4.78 is 11.0. The van der Waals surface area contributed by atoms with E-state index in [1.54, 1.807) is 0 Å². The van der Waals surface area contributed by atoms with Crippen molar-refractivity contribution < 1.29 is 14.6 Å². The number of rotatable bonds is 1. The molecule has 3 heteroatoms. The van der Waals surface area contributed by atoms with E-state index in [1.165, 1.54) is 5.56 Å². The van der Waals surface area contributed by atoms with E-state index in [0.29, 0.717) is 25.0 Å². The molecule has 3 nitrogen and oxygen atoms in total. The number of ether oxygens (including phenoxy) is 2. The summed E-state index contributed by atoms with van der Waals surface area (Å²) in [6.45, 7) is 3.35. The lowest BCUT2D eigenvalue weighted by molar-refractivity contribution is 0.0115. The highest BCUT2D eigenvalue weighted by molar-refractivity contribution is 5.45. The molecule has 3 rings (SSSR count). The van der Waals surface area contributed by atoms with Crippen molar-refractivity contribution in [3.63, 3.8) is 0 Å². The van der Waals surface area contributed by atoms with Crippen LogP contribution in [-0.4, -0.2) is 24.4 Å². The van der Waals surface area contributed by atoms with Crippen LogP contribution in [0.3, 0.4) is 0 Å². The second-order valence-corrected chi connectivity index (χ2v) is 4.67. The first kappa shape index (κ1) is 9.97. The normalized spacial score (nSPS) is 32.0. The topological polar surface area (TPSA) is 38.7 Å². The minimum atomic E-state index is -0.141. The van der Waals surface area contributed by atoms with E-state index in [4.69, 9.17) is 9.47 Å². The molecular weight excluding hydrogens is 204 g/mol. The molecule has 3 unspecified atom stereocenters. The number of hydrogen-bond acceptors (Lipinski definition) is 3. The Labute approximate surface area is 95.0 Å². The molecule has 0 aromatic heterocycles. The van der Waals surface area contributed by atoms with Gasteiger partial charge in [0.25, 0.3) is 0 Å². The van der Waals surface area contributed by atoms with E-state index in [0.717, 1.165) is 17.9 Å². The van der Waals surface area contributed by atoms with Crippen LogP contribution in [-0.2, 0) is 0 Å². The Morgan fingerprint density at radius 1 is 1.19 bits per heavy atom. The Morgan fingerprint density at radius 2 is 1.94 bits per heavy atom. The van der Waals surface area contributed by atoms with Gasteiger partial charge in [-0.2, -0.15) is 0 Å². The van der Waals surface area contributed by atoms with Crippen molar-refractivity contribution in [2.45, 2.75) is 25.4 Å². The van der Waals surface area contributed by atoms with Crippen LogP contribution >= 0.6 is 0 Å². The molecule has 0 amide bonds. The maximum Gasteiger partial charge on any atom is 0.161 e. The smallest absolute Gasteiger partial charge is 0.161 e. The molecule has 0 spiro atoms. The van der Waals surface area contributed by atoms with Gasteiger partial charge in [0.05, 0.1) is 6.10 Å². The zero-order valence-corrected chi connectivity index (χ0v) is 9.35. The molecule has 3 atom stereocenters. The lowest BCUT2D eigenvalue weighted by Crippen LogP contribution is -2.37. The molecule has 1 saturated carbocycles. The van der Waals surface area contributed by atoms with Gasteiger partial charge >= 0.3 is 0 Å². The highest BCUT2D eigenvalue weighted by Crippen LogP contribution is 2.44. The molecule has 1 N–H and O–H groups in total. The van der Waals surface area contributed by atoms with Crippen molar-refractivity contribution in [3.8, 4) is 11.5 Å². The summed E-state index contributed by atoms with van der Waals surface area (Å²) in [6.07, 6.45) is 0.721. The second-order valence-electron chi connectivity index (χ2n) is 4.67. The molecule has 1 heterocycles. The van der Waals surface area contributed by atoms with Crippen LogP contribution in [0.4, 0.5) is 0 Å². The Kier molecular flexibility index (Phi) is 2.28. The van der Waals surface area contributed by atoms with Gasteiger partial charge in [0, 0.05) is 0 Å². The van der Waals surface area contributed by atoms with Crippen molar-refractivity contribution in [3.05, 3.63) is 23.8 Å². The molecule has 2 aliphatic rings. The summed E-state index contributed by atoms with van der Waals surface area (Å²) >= 11 is 0. The molecule has 0 radical (unpaired) electrons. The third-order valence-corrected chi connectivity index (χ3v) is 3.73. The molecule has 1 aliphatic carbocycles. The molecule has 0 saturated heterocycles. The summed E-state index contributed by atoms with van der Waals surface area (Å²) in [4.78, 5) is 0. The Balaban J connectivity index is 1.86. The first-order valence-corrected chi connectivity index (χ1v) is 5.83. The van der Waals surface area contributed by atoms with Crippen molar-refractivity contribution >= 4 is 0 Å². The van der Waals surface area contributed by atoms with Gasteiger partial charge in [0.1, 0.15) is 13.2 Å². The maximum atomic E-state index is 9.53. The van der Waals surface area contributed by atoms with E-state index in [1.807, 2.05) is 6.07 Å². The molecule has 1 aliphatic heterocycles. The first-order chi connectivity index (χ1) is 7.75. The second kappa shape index (κ2) is 3.67. The Bertz CT molecular complexity index is 402. The van der Waals surface area contributed by atoms with Crippen LogP contribution in [0.2, 0.25) is 0 Å². The van der Waals surface area contributed by atoms with Crippen LogP contribution in [0, 0.1) is 5.92 Å². The first-order valence-electron chi connectivity index (χ1n) is 5.83. The van der Waals surface area contributed by atoms with Crippen LogP contribution in [0.5, 0.6) is 11.5 Å². The van der Waals surface area contributed by atoms with Gasteiger partial charge in [-0.25, -0.2) is 0 Å². The predicted molar refractivity (Wildman–Crippen MR) is 60.0 cm³/mol. The van der Waals surface area contributed by atoms with Crippen molar-refractivity contribution in [2.75, 3.05) is 13.2 Å². The Hall–Kier alpha value is -1.22. The van der Waals surface area contributed by atoms with E-state index >= 15 is 0 Å². The largest absolute Gasteiger partial charge is 0.486 e. The van der Waals surface area contributed by atoms with E-state index < -0.39 is 0 Å². The summed E-state index contributed by atoms with van der Waals surface area (Å²) in [5.74, 6) is 2.49. The lowest BCUT2D eigenvalue weighted by atomic mass is 9.69. The van der Waals surface area contributed by atoms with Crippen LogP contribution in [0.1, 0.15) is 24.8 Å². The molecule has 1 aromatic carbocycles. The third-order valence-electron chi connectivity index (χ3n) is 3.73. The lowest BCUT2D eigenvalue weighted by Gasteiger charge is -2.40. The molecular formula is C13H16O3. The molecule has 16 heavy (non-hydrogen) atoms. The standard InChI is InChI=1S/C13H16O3/c1-8-10(7-11(8)14)9-2-3-12-13(6-9)16-5-4-15-12/h2-3,6,8,10-11,14H,4-5,7H2,1H3. The van der Waals surface area contributed by atoms with Gasteiger partial charge in [-0.05, 0) is 36.0 Å². The number of aliphatic hydroxyl groups is 1. The summed E-state index contributed by atoms with van der Waals surface area (Å²) in [7, 11) is 0. The highest BCUT2D eigenvalue weighted by Gasteiger charge is 2.37. The van der Waals surface area contributed by atoms with Gasteiger partial charge in [0.15, 0.2) is 11.5 Å². The van der Waals surface area contributed by atoms with Gasteiger partial charge in [-0.15, -0.1) is 0 Å². The van der Waals surface area contributed by atoms with Crippen LogP contribution in [0.15, 0.2) is 18.2 Å². The van der Waals surface area contributed by atoms with Crippen molar-refractivity contribution in [1.29, 1.82) is 0 Å². The van der Waals surface area contributed by atoms with Crippen LogP contribution in [0.25, 0.3) is 0 Å². The molecule has 0 bridgehead atoms. The van der Waals surface area contributed by atoms with Gasteiger partial charge in [-0.3, -0.25) is 0 Å². The fourth-order valence-corrected chi connectivity index (χ4v) is 2.49. The number of benzene rings is 1. The zero-order chi connectivity index (χ0) is 11.1. The summed E-state index contributed by atoms with van der Waals surface area (Å²) in [5, 5.41) is 9.53. The average molecular weight is 220 g/mol. The molecule has 86 valence electrons. The van der Waals surface area contributed by atoms with E-state index in [9.17, 15) is 5.11 Å². The van der Waals surface area contributed by atoms with Gasteiger partial charge in [0.2, 0.25) is 0 Å². The number of fused-ring (bicyclic) bond motifs is 1. The minimum absolute atomic E-state index is 0.141. The molecule has 1 aromatic rings. The Morgan fingerprint density at radius 3 is 2.62 bits per heavy atom. The zero-order valence-electron chi connectivity index (χ0n) is 9.35. The number of aliphatic hydroxyl groups excluding tert-OH is 1. The predicted octanol–water partition coefficient (Wildman–Crippen LogP) is 1.94. The average Bonchev–Trinajstić information content (AvgIpc) is 2.35. The summed E-state index contributed by atoms with van der Waals surface area (Å²) in [6, 6.07) is 6.11. The highest BCUT2D eigenvalue weighted by atomic mass is 16.6. The van der Waals surface area contributed by atoms with Gasteiger partial charge < -0.3 is 14.6 Å². The SMILES string of the molecule is CC1C(O)CC1c1ccc2c(c1)OCCO2. The molecule has 1 fully saturated rings. The number of hydrogen-bond donors (Lipinski definition) is 1. The minimum Gasteiger partial charge on any atom is -0.486 e. The maximum absolute atomic E-state index is 9.53. The van der Waals surface area contributed by atoms with Gasteiger partial charge in [-0.1, -0.05) is 13.0 Å². The van der Waals surface area contributed by atoms with E-state index in [2.05, 4.69) is 19.1 Å². The quantitative estimate of drug-likeness (QED) is 0.786. The fourth-order valence-electron chi connectivity index (χ4n) is 2.49. The van der Waals surface area contributed by atoms with Crippen LogP contribution < -0.4 is 9.47 Å². The third kappa shape index (κ3) is 1.47.